The fraction of sp³-hybridized carbons (Fsp3) is 0.364. The standard InChI is InChI=1S/C22H29F3N4/c1-4-17(18-8-6-5-7-9-18)13-28-21-10-15(2)27-14-20(22(23,24)25)11-19(12-26)16(3)29-21/h5-11,14,16-17,27-29H,2,4,12-13,26H2,1,3H3/b19-11-,20-14+,21-10-. The predicted molar refractivity (Wildman–Crippen MR) is 112 cm³/mol. The van der Waals surface area contributed by atoms with Gasteiger partial charge in [0.2, 0.25) is 0 Å². The highest BCUT2D eigenvalue weighted by molar-refractivity contribution is 5.34. The summed E-state index contributed by atoms with van der Waals surface area (Å²) in [6, 6.07) is 9.80. The van der Waals surface area contributed by atoms with Gasteiger partial charge in [-0.1, -0.05) is 43.8 Å². The van der Waals surface area contributed by atoms with Crippen molar-refractivity contribution in [2.45, 2.75) is 38.4 Å². The lowest BCUT2D eigenvalue weighted by molar-refractivity contribution is -0.0886. The van der Waals surface area contributed by atoms with Crippen molar-refractivity contribution < 1.29 is 13.2 Å². The van der Waals surface area contributed by atoms with Gasteiger partial charge in [0, 0.05) is 43.0 Å². The van der Waals surface area contributed by atoms with Crippen LogP contribution in [0.15, 0.2) is 77.9 Å². The van der Waals surface area contributed by atoms with Crippen molar-refractivity contribution >= 4 is 0 Å². The quantitative estimate of drug-likeness (QED) is 0.576. The van der Waals surface area contributed by atoms with Crippen molar-refractivity contribution in [2.75, 3.05) is 13.1 Å². The monoisotopic (exact) mass is 406 g/mol. The van der Waals surface area contributed by atoms with Crippen molar-refractivity contribution in [2.24, 2.45) is 5.73 Å². The molecule has 0 aliphatic carbocycles. The van der Waals surface area contributed by atoms with Crippen molar-refractivity contribution in [3.05, 3.63) is 83.5 Å². The molecule has 5 N–H and O–H groups in total. The zero-order chi connectivity index (χ0) is 21.4. The van der Waals surface area contributed by atoms with E-state index in [0.29, 0.717) is 29.6 Å². The Morgan fingerprint density at radius 1 is 1.21 bits per heavy atom. The third-order valence-corrected chi connectivity index (χ3v) is 4.87. The molecular weight excluding hydrogens is 377 g/mol. The van der Waals surface area contributed by atoms with Crippen LogP contribution in [0.5, 0.6) is 0 Å². The minimum Gasteiger partial charge on any atom is -0.371 e. The van der Waals surface area contributed by atoms with Crippen molar-refractivity contribution in [3.63, 3.8) is 0 Å². The Kier molecular flexibility index (Phi) is 7.96. The zero-order valence-corrected chi connectivity index (χ0v) is 16.8. The highest BCUT2D eigenvalue weighted by atomic mass is 19.4. The summed E-state index contributed by atoms with van der Waals surface area (Å²) in [7, 11) is 0. The molecular formula is C22H29F3N4. The van der Waals surface area contributed by atoms with Crippen LogP contribution in [0.4, 0.5) is 13.2 Å². The molecule has 0 fully saturated rings. The van der Waals surface area contributed by atoms with Crippen LogP contribution in [0.3, 0.4) is 0 Å². The van der Waals surface area contributed by atoms with Crippen molar-refractivity contribution in [1.29, 1.82) is 0 Å². The van der Waals surface area contributed by atoms with Crippen LogP contribution in [0, 0.1) is 0 Å². The first-order chi connectivity index (χ1) is 13.7. The molecule has 1 aliphatic heterocycles. The molecule has 0 bridgehead atoms. The Bertz CT molecular complexity index is 779. The molecule has 0 saturated carbocycles. The lowest BCUT2D eigenvalue weighted by Crippen LogP contribution is -2.38. The second-order valence-corrected chi connectivity index (χ2v) is 7.01. The minimum atomic E-state index is -4.48. The Balaban J connectivity index is 2.22. The number of benzene rings is 1. The molecule has 1 heterocycles. The second kappa shape index (κ2) is 10.2. The van der Waals surface area contributed by atoms with Gasteiger partial charge in [0.15, 0.2) is 0 Å². The first-order valence-corrected chi connectivity index (χ1v) is 9.65. The molecule has 158 valence electrons. The molecule has 1 aromatic carbocycles. The van der Waals surface area contributed by atoms with E-state index in [1.54, 1.807) is 13.0 Å². The molecule has 1 aliphatic rings. The third-order valence-electron chi connectivity index (χ3n) is 4.87. The van der Waals surface area contributed by atoms with E-state index < -0.39 is 11.7 Å². The summed E-state index contributed by atoms with van der Waals surface area (Å²) >= 11 is 0. The van der Waals surface area contributed by atoms with Gasteiger partial charge in [0.1, 0.15) is 5.82 Å². The van der Waals surface area contributed by atoms with E-state index in [2.05, 4.69) is 41.6 Å². The van der Waals surface area contributed by atoms with E-state index in [1.165, 1.54) is 5.56 Å². The normalized spacial score (nSPS) is 24.6. The van der Waals surface area contributed by atoms with E-state index >= 15 is 0 Å². The molecule has 0 spiro atoms. The molecule has 2 atom stereocenters. The molecule has 0 amide bonds. The van der Waals surface area contributed by atoms with Crippen molar-refractivity contribution in [3.8, 4) is 0 Å². The van der Waals surface area contributed by atoms with E-state index in [-0.39, 0.29) is 12.6 Å². The van der Waals surface area contributed by atoms with Gasteiger partial charge in [-0.05, 0) is 30.6 Å². The van der Waals surface area contributed by atoms with Gasteiger partial charge in [-0.2, -0.15) is 13.2 Å². The van der Waals surface area contributed by atoms with Gasteiger partial charge < -0.3 is 21.7 Å². The van der Waals surface area contributed by atoms with Crippen LogP contribution in [-0.4, -0.2) is 25.3 Å². The molecule has 4 nitrogen and oxygen atoms in total. The van der Waals surface area contributed by atoms with Crippen LogP contribution in [0.2, 0.25) is 0 Å². The van der Waals surface area contributed by atoms with Gasteiger partial charge >= 0.3 is 6.18 Å². The Labute approximate surface area is 170 Å². The molecule has 2 rings (SSSR count). The molecule has 29 heavy (non-hydrogen) atoms. The SMILES string of the molecule is C=C1/C=C(/NCC(CC)c2ccccc2)NC(C)/C(CN)=C\C(C(F)(F)F)=C/N1. The maximum absolute atomic E-state index is 13.3. The van der Waals surface area contributed by atoms with Gasteiger partial charge in [-0.15, -0.1) is 0 Å². The van der Waals surface area contributed by atoms with Crippen LogP contribution in [-0.2, 0) is 0 Å². The summed E-state index contributed by atoms with van der Waals surface area (Å²) in [6.07, 6.45) is 0.132. The number of nitrogens with one attached hydrogen (secondary N) is 3. The van der Waals surface area contributed by atoms with Gasteiger partial charge in [-0.3, -0.25) is 0 Å². The third kappa shape index (κ3) is 6.71. The minimum absolute atomic E-state index is 0.0113. The van der Waals surface area contributed by atoms with Crippen LogP contribution >= 0.6 is 0 Å². The Morgan fingerprint density at radius 2 is 1.90 bits per heavy atom. The van der Waals surface area contributed by atoms with Crippen LogP contribution in [0.25, 0.3) is 0 Å². The lowest BCUT2D eigenvalue weighted by Gasteiger charge is -2.25. The summed E-state index contributed by atoms with van der Waals surface area (Å²) in [5.74, 6) is 0.972. The first kappa shape index (κ1) is 22.6. The van der Waals surface area contributed by atoms with Gasteiger partial charge in [-0.25, -0.2) is 0 Å². The Hall–Kier alpha value is -2.67. The zero-order valence-electron chi connectivity index (χ0n) is 16.8. The number of halogens is 3. The lowest BCUT2D eigenvalue weighted by atomic mass is 9.96. The topological polar surface area (TPSA) is 62.1 Å². The maximum atomic E-state index is 13.3. The van der Waals surface area contributed by atoms with Crippen molar-refractivity contribution in [1.82, 2.24) is 16.0 Å². The highest BCUT2D eigenvalue weighted by Crippen LogP contribution is 2.28. The fourth-order valence-electron chi connectivity index (χ4n) is 3.08. The summed E-state index contributed by atoms with van der Waals surface area (Å²) in [5.41, 5.74) is 6.94. The number of hydrogen-bond acceptors (Lipinski definition) is 4. The smallest absolute Gasteiger partial charge is 0.371 e. The number of alkyl halides is 3. The molecule has 0 saturated heterocycles. The molecule has 1 aromatic rings. The average Bonchev–Trinajstić information content (AvgIpc) is 2.67. The van der Waals surface area contributed by atoms with Gasteiger partial charge in [0.05, 0.1) is 5.57 Å². The first-order valence-electron chi connectivity index (χ1n) is 9.65. The van der Waals surface area contributed by atoms with E-state index in [1.807, 2.05) is 18.2 Å². The summed E-state index contributed by atoms with van der Waals surface area (Å²) < 4.78 is 39.8. The van der Waals surface area contributed by atoms with E-state index in [0.717, 1.165) is 18.7 Å². The number of nitrogens with two attached hydrogens (primary N) is 1. The summed E-state index contributed by atoms with van der Waals surface area (Å²) in [5, 5.41) is 9.21. The summed E-state index contributed by atoms with van der Waals surface area (Å²) in [4.78, 5) is 0. The van der Waals surface area contributed by atoms with E-state index in [9.17, 15) is 13.2 Å². The Morgan fingerprint density at radius 3 is 2.48 bits per heavy atom. The highest BCUT2D eigenvalue weighted by Gasteiger charge is 2.33. The van der Waals surface area contributed by atoms with Crippen LogP contribution < -0.4 is 21.7 Å². The average molecular weight is 406 g/mol. The molecule has 0 radical (unpaired) electrons. The largest absolute Gasteiger partial charge is 0.417 e. The van der Waals surface area contributed by atoms with Gasteiger partial charge in [0.25, 0.3) is 0 Å². The number of allylic oxidation sites excluding steroid dienone is 3. The summed E-state index contributed by atoms with van der Waals surface area (Å²) in [6.45, 7) is 8.39. The molecule has 0 aromatic heterocycles. The number of rotatable bonds is 6. The van der Waals surface area contributed by atoms with E-state index in [4.69, 9.17) is 5.73 Å². The molecule has 2 unspecified atom stereocenters. The number of hydrogen-bond donors (Lipinski definition) is 4. The fourth-order valence-corrected chi connectivity index (χ4v) is 3.08. The van der Waals surface area contributed by atoms with Crippen LogP contribution in [0.1, 0.15) is 31.7 Å². The maximum Gasteiger partial charge on any atom is 0.417 e. The molecule has 7 heteroatoms. The second-order valence-electron chi connectivity index (χ2n) is 7.01. The predicted octanol–water partition coefficient (Wildman–Crippen LogP) is 4.04.